The third-order valence-electron chi connectivity index (χ3n) is 3.65. The Kier molecular flexibility index (Phi) is 5.44. The van der Waals surface area contributed by atoms with Crippen LogP contribution in [0.4, 0.5) is 5.69 Å². The van der Waals surface area contributed by atoms with Crippen LogP contribution < -0.4 is 15.2 Å². The summed E-state index contributed by atoms with van der Waals surface area (Å²) in [5.41, 5.74) is 5.98. The van der Waals surface area contributed by atoms with Gasteiger partial charge in [-0.1, -0.05) is 0 Å². The van der Waals surface area contributed by atoms with Gasteiger partial charge in [0, 0.05) is 12.6 Å². The Labute approximate surface area is 126 Å². The molecule has 1 aliphatic heterocycles. The van der Waals surface area contributed by atoms with Crippen LogP contribution in [0.25, 0.3) is 0 Å². The molecule has 1 aromatic rings. The third kappa shape index (κ3) is 4.33. The van der Waals surface area contributed by atoms with Gasteiger partial charge < -0.3 is 15.4 Å². The number of anilines is 1. The Bertz CT molecular complexity index is 569. The first-order valence-electron chi connectivity index (χ1n) is 7.18. The SMILES string of the molecule is COc1ccc(S(=O)(=O)NCCCN2CCCC2)c(N)c1. The standard InChI is InChI=1S/C14H23N3O3S/c1-20-12-5-6-14(13(15)11-12)21(18,19)16-7-4-10-17-8-2-3-9-17/h5-6,11,16H,2-4,7-10,15H2,1H3. The van der Waals surface area contributed by atoms with Crippen molar-refractivity contribution in [1.29, 1.82) is 0 Å². The van der Waals surface area contributed by atoms with Gasteiger partial charge in [-0.2, -0.15) is 0 Å². The highest BCUT2D eigenvalue weighted by molar-refractivity contribution is 7.89. The van der Waals surface area contributed by atoms with Crippen molar-refractivity contribution in [3.8, 4) is 5.75 Å². The molecular formula is C14H23N3O3S. The molecule has 3 N–H and O–H groups in total. The first-order chi connectivity index (χ1) is 10.0. The average molecular weight is 313 g/mol. The van der Waals surface area contributed by atoms with Crippen molar-refractivity contribution in [2.24, 2.45) is 0 Å². The van der Waals surface area contributed by atoms with Gasteiger partial charge in [0.25, 0.3) is 0 Å². The van der Waals surface area contributed by atoms with Crippen LogP contribution in [0.1, 0.15) is 19.3 Å². The summed E-state index contributed by atoms with van der Waals surface area (Å²) >= 11 is 0. The van der Waals surface area contributed by atoms with Crippen LogP contribution in [0.2, 0.25) is 0 Å². The van der Waals surface area contributed by atoms with Gasteiger partial charge in [-0.3, -0.25) is 0 Å². The predicted molar refractivity (Wildman–Crippen MR) is 82.9 cm³/mol. The molecule has 0 aliphatic carbocycles. The molecular weight excluding hydrogens is 290 g/mol. The molecule has 0 atom stereocenters. The minimum atomic E-state index is -3.56. The molecule has 1 aliphatic rings. The van der Waals surface area contributed by atoms with E-state index < -0.39 is 10.0 Å². The number of rotatable bonds is 7. The summed E-state index contributed by atoms with van der Waals surface area (Å²) in [6, 6.07) is 4.57. The zero-order valence-corrected chi connectivity index (χ0v) is 13.2. The summed E-state index contributed by atoms with van der Waals surface area (Å²) in [6.07, 6.45) is 3.29. The van der Waals surface area contributed by atoms with E-state index in [0.717, 1.165) is 26.1 Å². The van der Waals surface area contributed by atoms with E-state index in [1.54, 1.807) is 6.07 Å². The lowest BCUT2D eigenvalue weighted by molar-refractivity contribution is 0.334. The molecule has 0 aromatic heterocycles. The van der Waals surface area contributed by atoms with E-state index in [9.17, 15) is 8.42 Å². The molecule has 1 fully saturated rings. The summed E-state index contributed by atoms with van der Waals surface area (Å²) in [5.74, 6) is 0.542. The number of nitrogens with zero attached hydrogens (tertiary/aromatic N) is 1. The molecule has 0 saturated carbocycles. The molecule has 1 saturated heterocycles. The molecule has 7 heteroatoms. The second-order valence-corrected chi connectivity index (χ2v) is 6.94. The summed E-state index contributed by atoms with van der Waals surface area (Å²) < 4.78 is 32.0. The largest absolute Gasteiger partial charge is 0.497 e. The average Bonchev–Trinajstić information content (AvgIpc) is 2.96. The fourth-order valence-electron chi connectivity index (χ4n) is 2.49. The van der Waals surface area contributed by atoms with Crippen molar-refractivity contribution in [3.63, 3.8) is 0 Å². The number of methoxy groups -OCH3 is 1. The van der Waals surface area contributed by atoms with E-state index >= 15 is 0 Å². The van der Waals surface area contributed by atoms with Crippen LogP contribution >= 0.6 is 0 Å². The second kappa shape index (κ2) is 7.11. The lowest BCUT2D eigenvalue weighted by Crippen LogP contribution is -2.29. The van der Waals surface area contributed by atoms with Crippen molar-refractivity contribution in [2.45, 2.75) is 24.2 Å². The summed E-state index contributed by atoms with van der Waals surface area (Å²) in [6.45, 7) is 3.60. The molecule has 6 nitrogen and oxygen atoms in total. The van der Waals surface area contributed by atoms with Crippen LogP contribution in [0.3, 0.4) is 0 Å². The maximum Gasteiger partial charge on any atom is 0.242 e. The van der Waals surface area contributed by atoms with E-state index in [1.807, 2.05) is 0 Å². The number of benzene rings is 1. The van der Waals surface area contributed by atoms with Crippen LogP contribution in [-0.2, 0) is 10.0 Å². The normalized spacial score (nSPS) is 16.2. The highest BCUT2D eigenvalue weighted by atomic mass is 32.2. The monoisotopic (exact) mass is 313 g/mol. The lowest BCUT2D eigenvalue weighted by atomic mass is 10.3. The smallest absolute Gasteiger partial charge is 0.242 e. The molecule has 0 amide bonds. The Morgan fingerprint density at radius 1 is 1.33 bits per heavy atom. The fourth-order valence-corrected chi connectivity index (χ4v) is 3.68. The summed E-state index contributed by atoms with van der Waals surface area (Å²) in [7, 11) is -2.05. The number of nitrogen functional groups attached to an aromatic ring is 1. The number of hydrogen-bond donors (Lipinski definition) is 2. The van der Waals surface area contributed by atoms with Crippen LogP contribution in [0.5, 0.6) is 5.75 Å². The topological polar surface area (TPSA) is 84.7 Å². The Morgan fingerprint density at radius 3 is 2.67 bits per heavy atom. The second-order valence-electron chi connectivity index (χ2n) is 5.20. The minimum Gasteiger partial charge on any atom is -0.497 e. The molecule has 0 spiro atoms. The van der Waals surface area contributed by atoms with Gasteiger partial charge in [-0.25, -0.2) is 13.1 Å². The van der Waals surface area contributed by atoms with E-state index in [-0.39, 0.29) is 10.6 Å². The Hall–Kier alpha value is -1.31. The summed E-state index contributed by atoms with van der Waals surface area (Å²) in [5, 5.41) is 0. The molecule has 0 bridgehead atoms. The zero-order valence-electron chi connectivity index (χ0n) is 12.3. The quantitative estimate of drug-likeness (QED) is 0.580. The predicted octanol–water partition coefficient (Wildman–Crippen LogP) is 1.04. The number of likely N-dealkylation sites (tertiary alicyclic amines) is 1. The van der Waals surface area contributed by atoms with Gasteiger partial charge in [0.1, 0.15) is 10.6 Å². The van der Waals surface area contributed by atoms with E-state index in [0.29, 0.717) is 12.3 Å². The molecule has 21 heavy (non-hydrogen) atoms. The highest BCUT2D eigenvalue weighted by Gasteiger charge is 2.18. The molecule has 0 radical (unpaired) electrons. The van der Waals surface area contributed by atoms with Gasteiger partial charge in [0.2, 0.25) is 10.0 Å². The summed E-state index contributed by atoms with van der Waals surface area (Å²) in [4.78, 5) is 2.46. The van der Waals surface area contributed by atoms with E-state index in [1.165, 1.54) is 32.1 Å². The van der Waals surface area contributed by atoms with Crippen molar-refractivity contribution < 1.29 is 13.2 Å². The zero-order chi connectivity index (χ0) is 15.3. The first-order valence-corrected chi connectivity index (χ1v) is 8.67. The number of sulfonamides is 1. The van der Waals surface area contributed by atoms with Crippen LogP contribution in [-0.4, -0.2) is 46.6 Å². The van der Waals surface area contributed by atoms with E-state index in [2.05, 4.69) is 9.62 Å². The van der Waals surface area contributed by atoms with Gasteiger partial charge in [0.05, 0.1) is 12.8 Å². The van der Waals surface area contributed by atoms with E-state index in [4.69, 9.17) is 10.5 Å². The number of hydrogen-bond acceptors (Lipinski definition) is 5. The fraction of sp³-hybridized carbons (Fsp3) is 0.571. The lowest BCUT2D eigenvalue weighted by Gasteiger charge is -2.15. The highest BCUT2D eigenvalue weighted by Crippen LogP contribution is 2.23. The van der Waals surface area contributed by atoms with Gasteiger partial charge in [-0.15, -0.1) is 0 Å². The van der Waals surface area contributed by atoms with Crippen molar-refractivity contribution >= 4 is 15.7 Å². The molecule has 2 rings (SSSR count). The van der Waals surface area contributed by atoms with Crippen LogP contribution in [0, 0.1) is 0 Å². The Morgan fingerprint density at radius 2 is 2.05 bits per heavy atom. The van der Waals surface area contributed by atoms with Crippen molar-refractivity contribution in [2.75, 3.05) is 39.0 Å². The van der Waals surface area contributed by atoms with Crippen molar-refractivity contribution in [1.82, 2.24) is 9.62 Å². The number of nitrogens with two attached hydrogens (primary N) is 1. The van der Waals surface area contributed by atoms with Gasteiger partial charge in [0.15, 0.2) is 0 Å². The van der Waals surface area contributed by atoms with Crippen LogP contribution in [0.15, 0.2) is 23.1 Å². The van der Waals surface area contributed by atoms with Gasteiger partial charge >= 0.3 is 0 Å². The minimum absolute atomic E-state index is 0.101. The maximum absolute atomic E-state index is 12.2. The Balaban J connectivity index is 1.88. The molecule has 118 valence electrons. The van der Waals surface area contributed by atoms with Gasteiger partial charge in [-0.05, 0) is 51.0 Å². The first kappa shape index (κ1) is 16.1. The third-order valence-corrected chi connectivity index (χ3v) is 5.18. The molecule has 1 aromatic carbocycles. The number of ether oxygens (including phenoxy) is 1. The number of nitrogens with one attached hydrogen (secondary N) is 1. The van der Waals surface area contributed by atoms with Crippen molar-refractivity contribution in [3.05, 3.63) is 18.2 Å². The molecule has 0 unspecified atom stereocenters. The maximum atomic E-state index is 12.2. The molecule has 1 heterocycles.